The van der Waals surface area contributed by atoms with Crippen molar-refractivity contribution in [2.45, 2.75) is 4.90 Å². The van der Waals surface area contributed by atoms with Gasteiger partial charge in [-0.15, -0.1) is 0 Å². The van der Waals surface area contributed by atoms with Crippen LogP contribution in [0.15, 0.2) is 59.5 Å². The highest BCUT2D eigenvalue weighted by atomic mass is 32.2. The van der Waals surface area contributed by atoms with Crippen LogP contribution in [0.4, 0.5) is 0 Å². The molecule has 19 heavy (non-hydrogen) atoms. The van der Waals surface area contributed by atoms with Gasteiger partial charge in [-0.25, -0.2) is 0 Å². The van der Waals surface area contributed by atoms with E-state index in [1.807, 2.05) is 6.07 Å². The number of hydrogen-bond donors (Lipinski definition) is 0. The van der Waals surface area contributed by atoms with Crippen LogP contribution >= 0.6 is 0 Å². The second-order valence-electron chi connectivity index (χ2n) is 3.84. The van der Waals surface area contributed by atoms with Crippen LogP contribution in [-0.4, -0.2) is 21.3 Å². The summed E-state index contributed by atoms with van der Waals surface area (Å²) in [4.78, 5) is 12.1. The van der Waals surface area contributed by atoms with Gasteiger partial charge in [0, 0.05) is 11.1 Å². The molecule has 0 radical (unpaired) electrons. The van der Waals surface area contributed by atoms with Crippen molar-refractivity contribution in [2.24, 2.45) is 0 Å². The summed E-state index contributed by atoms with van der Waals surface area (Å²) in [7, 11) is -2.70. The SMILES string of the molecule is COS(=O)(=O)c1cccc(C(=O)c2ccccc2)c1. The fourth-order valence-corrected chi connectivity index (χ4v) is 2.35. The van der Waals surface area contributed by atoms with Crippen LogP contribution in [0.2, 0.25) is 0 Å². The van der Waals surface area contributed by atoms with E-state index in [2.05, 4.69) is 4.18 Å². The van der Waals surface area contributed by atoms with E-state index in [9.17, 15) is 13.2 Å². The molecule has 0 amide bonds. The number of ketones is 1. The Kier molecular flexibility index (Phi) is 3.78. The first-order chi connectivity index (χ1) is 9.04. The molecule has 2 aromatic rings. The predicted octanol–water partition coefficient (Wildman–Crippen LogP) is 2.25. The quantitative estimate of drug-likeness (QED) is 0.635. The first-order valence-electron chi connectivity index (χ1n) is 5.55. The van der Waals surface area contributed by atoms with Crippen LogP contribution in [0.1, 0.15) is 15.9 Å². The minimum atomic E-state index is -3.79. The lowest BCUT2D eigenvalue weighted by atomic mass is 10.0. The van der Waals surface area contributed by atoms with E-state index in [-0.39, 0.29) is 10.7 Å². The molecule has 0 heterocycles. The first-order valence-corrected chi connectivity index (χ1v) is 6.96. The van der Waals surface area contributed by atoms with Gasteiger partial charge in [0.1, 0.15) is 0 Å². The highest BCUT2D eigenvalue weighted by molar-refractivity contribution is 7.86. The second kappa shape index (κ2) is 5.34. The molecule has 0 aliphatic heterocycles. The summed E-state index contributed by atoms with van der Waals surface area (Å²) in [5, 5.41) is 0. The van der Waals surface area contributed by atoms with Gasteiger partial charge in [0.05, 0.1) is 12.0 Å². The minimum absolute atomic E-state index is 0.0308. The molecule has 0 saturated heterocycles. The number of hydrogen-bond acceptors (Lipinski definition) is 4. The molecule has 0 aliphatic rings. The minimum Gasteiger partial charge on any atom is -0.289 e. The van der Waals surface area contributed by atoms with Crippen LogP contribution in [0.25, 0.3) is 0 Å². The summed E-state index contributed by atoms with van der Waals surface area (Å²) in [6.45, 7) is 0. The Hall–Kier alpha value is -1.98. The molecule has 0 atom stereocenters. The monoisotopic (exact) mass is 276 g/mol. The third-order valence-electron chi connectivity index (χ3n) is 2.64. The van der Waals surface area contributed by atoms with Crippen molar-refractivity contribution in [3.63, 3.8) is 0 Å². The highest BCUT2D eigenvalue weighted by Crippen LogP contribution is 2.16. The van der Waals surface area contributed by atoms with Crippen LogP contribution < -0.4 is 0 Å². The second-order valence-corrected chi connectivity index (χ2v) is 5.56. The summed E-state index contributed by atoms with van der Waals surface area (Å²) >= 11 is 0. The maximum atomic E-state index is 12.2. The molecule has 2 aromatic carbocycles. The average Bonchev–Trinajstić information content (AvgIpc) is 2.47. The Morgan fingerprint density at radius 1 is 0.947 bits per heavy atom. The number of carbonyl (C=O) groups excluding carboxylic acids is 1. The Balaban J connectivity index is 2.43. The lowest BCUT2D eigenvalue weighted by molar-refractivity contribution is 0.103. The van der Waals surface area contributed by atoms with E-state index in [4.69, 9.17) is 0 Å². The lowest BCUT2D eigenvalue weighted by Gasteiger charge is -2.04. The van der Waals surface area contributed by atoms with Gasteiger partial charge < -0.3 is 0 Å². The number of benzene rings is 2. The van der Waals surface area contributed by atoms with E-state index in [0.717, 1.165) is 7.11 Å². The molecule has 4 nitrogen and oxygen atoms in total. The Bertz CT molecular complexity index is 690. The lowest BCUT2D eigenvalue weighted by Crippen LogP contribution is -2.06. The van der Waals surface area contributed by atoms with Crippen molar-refractivity contribution in [2.75, 3.05) is 7.11 Å². The van der Waals surface area contributed by atoms with Gasteiger partial charge >= 0.3 is 0 Å². The fourth-order valence-electron chi connectivity index (χ4n) is 1.65. The van der Waals surface area contributed by atoms with Gasteiger partial charge in [-0.2, -0.15) is 8.42 Å². The molecule has 0 spiro atoms. The van der Waals surface area contributed by atoms with E-state index in [1.165, 1.54) is 18.2 Å². The van der Waals surface area contributed by atoms with E-state index in [1.54, 1.807) is 30.3 Å². The maximum Gasteiger partial charge on any atom is 0.296 e. The molecule has 0 bridgehead atoms. The molecule has 98 valence electrons. The van der Waals surface area contributed by atoms with Gasteiger partial charge in [0.25, 0.3) is 10.1 Å². The smallest absolute Gasteiger partial charge is 0.289 e. The Morgan fingerprint density at radius 2 is 1.58 bits per heavy atom. The van der Waals surface area contributed by atoms with Crippen LogP contribution in [0.5, 0.6) is 0 Å². The standard InChI is InChI=1S/C14H12O4S/c1-18-19(16,17)13-9-5-8-12(10-13)14(15)11-6-3-2-4-7-11/h2-10H,1H3. The van der Waals surface area contributed by atoms with Crippen LogP contribution in [0, 0.1) is 0 Å². The Labute approximate surface area is 111 Å². The molecule has 0 aliphatic carbocycles. The molecular formula is C14H12O4S. The summed E-state index contributed by atoms with van der Waals surface area (Å²) in [5.74, 6) is -0.228. The summed E-state index contributed by atoms with van der Waals surface area (Å²) in [6.07, 6.45) is 0. The summed E-state index contributed by atoms with van der Waals surface area (Å²) in [5.41, 5.74) is 0.818. The molecule has 5 heteroatoms. The van der Waals surface area contributed by atoms with Gasteiger partial charge in [0.2, 0.25) is 0 Å². The van der Waals surface area contributed by atoms with Crippen molar-refractivity contribution in [1.82, 2.24) is 0 Å². The van der Waals surface area contributed by atoms with Crippen molar-refractivity contribution in [1.29, 1.82) is 0 Å². The molecule has 0 fully saturated rings. The van der Waals surface area contributed by atoms with E-state index >= 15 is 0 Å². The van der Waals surface area contributed by atoms with Crippen LogP contribution in [-0.2, 0) is 14.3 Å². The fraction of sp³-hybridized carbons (Fsp3) is 0.0714. The topological polar surface area (TPSA) is 60.4 Å². The zero-order chi connectivity index (χ0) is 13.9. The normalized spacial score (nSPS) is 11.2. The summed E-state index contributed by atoms with van der Waals surface area (Å²) < 4.78 is 27.6. The molecule has 0 aromatic heterocycles. The van der Waals surface area contributed by atoms with Crippen molar-refractivity contribution in [3.8, 4) is 0 Å². The predicted molar refractivity (Wildman–Crippen MR) is 70.5 cm³/mol. The molecular weight excluding hydrogens is 264 g/mol. The van der Waals surface area contributed by atoms with Gasteiger partial charge in [-0.3, -0.25) is 8.98 Å². The molecule has 2 rings (SSSR count). The van der Waals surface area contributed by atoms with Gasteiger partial charge in [-0.05, 0) is 12.1 Å². The number of carbonyl (C=O) groups is 1. The molecule has 0 unspecified atom stereocenters. The third kappa shape index (κ3) is 2.89. The zero-order valence-corrected chi connectivity index (χ0v) is 11.1. The number of rotatable bonds is 4. The third-order valence-corrected chi connectivity index (χ3v) is 3.91. The summed E-state index contributed by atoms with van der Waals surface area (Å²) in [6, 6.07) is 14.5. The first kappa shape index (κ1) is 13.5. The Morgan fingerprint density at radius 3 is 2.21 bits per heavy atom. The van der Waals surface area contributed by atoms with Gasteiger partial charge in [-0.1, -0.05) is 42.5 Å². The zero-order valence-electron chi connectivity index (χ0n) is 10.2. The molecule has 0 saturated carbocycles. The van der Waals surface area contributed by atoms with Crippen molar-refractivity contribution < 1.29 is 17.4 Å². The largest absolute Gasteiger partial charge is 0.296 e. The average molecular weight is 276 g/mol. The van der Waals surface area contributed by atoms with Crippen molar-refractivity contribution >= 4 is 15.9 Å². The molecule has 0 N–H and O–H groups in total. The van der Waals surface area contributed by atoms with E-state index in [0.29, 0.717) is 11.1 Å². The van der Waals surface area contributed by atoms with E-state index < -0.39 is 10.1 Å². The van der Waals surface area contributed by atoms with Crippen molar-refractivity contribution in [3.05, 3.63) is 65.7 Å². The maximum absolute atomic E-state index is 12.2. The highest BCUT2D eigenvalue weighted by Gasteiger charge is 2.16. The van der Waals surface area contributed by atoms with Crippen LogP contribution in [0.3, 0.4) is 0 Å². The van der Waals surface area contributed by atoms with Gasteiger partial charge in [0.15, 0.2) is 5.78 Å².